The van der Waals surface area contributed by atoms with Crippen LogP contribution in [0.25, 0.3) is 6.08 Å². The zero-order valence-corrected chi connectivity index (χ0v) is 12.9. The first kappa shape index (κ1) is 16.1. The van der Waals surface area contributed by atoms with Crippen LogP contribution in [0.1, 0.15) is 5.56 Å². The van der Waals surface area contributed by atoms with E-state index in [9.17, 15) is 10.1 Å². The van der Waals surface area contributed by atoms with Crippen molar-refractivity contribution in [3.05, 3.63) is 59.7 Å². The molecular formula is C18H16N2O3. The number of anilines is 1. The first-order valence-electron chi connectivity index (χ1n) is 6.87. The molecule has 23 heavy (non-hydrogen) atoms. The van der Waals surface area contributed by atoms with Gasteiger partial charge in [-0.1, -0.05) is 12.1 Å². The van der Waals surface area contributed by atoms with E-state index in [2.05, 4.69) is 5.32 Å². The third kappa shape index (κ3) is 4.35. The second-order valence-corrected chi connectivity index (χ2v) is 4.63. The van der Waals surface area contributed by atoms with Gasteiger partial charge in [0.2, 0.25) is 0 Å². The van der Waals surface area contributed by atoms with E-state index in [0.717, 1.165) is 5.56 Å². The van der Waals surface area contributed by atoms with Crippen molar-refractivity contribution in [1.82, 2.24) is 0 Å². The lowest BCUT2D eigenvalue weighted by atomic mass is 10.1. The van der Waals surface area contributed by atoms with E-state index in [0.29, 0.717) is 17.2 Å². The molecule has 2 aromatic rings. The van der Waals surface area contributed by atoms with Crippen molar-refractivity contribution < 1.29 is 14.3 Å². The largest absolute Gasteiger partial charge is 0.497 e. The van der Waals surface area contributed by atoms with Gasteiger partial charge in [-0.3, -0.25) is 4.79 Å². The van der Waals surface area contributed by atoms with Crippen LogP contribution in [-0.2, 0) is 4.79 Å². The second kappa shape index (κ2) is 7.66. The Kier molecular flexibility index (Phi) is 5.37. The predicted octanol–water partition coefficient (Wildman–Crippen LogP) is 3.25. The van der Waals surface area contributed by atoms with Gasteiger partial charge in [-0.15, -0.1) is 0 Å². The maximum absolute atomic E-state index is 12.2. The number of carbonyl (C=O) groups is 1. The van der Waals surface area contributed by atoms with Crippen LogP contribution in [-0.4, -0.2) is 20.1 Å². The summed E-state index contributed by atoms with van der Waals surface area (Å²) in [6.45, 7) is 0. The number of amides is 1. The maximum Gasteiger partial charge on any atom is 0.266 e. The van der Waals surface area contributed by atoms with Gasteiger partial charge in [0.25, 0.3) is 5.91 Å². The van der Waals surface area contributed by atoms with Gasteiger partial charge in [-0.05, 0) is 48.0 Å². The number of nitrogens with one attached hydrogen (secondary N) is 1. The minimum absolute atomic E-state index is 0.0194. The molecule has 0 fully saturated rings. The molecule has 0 spiro atoms. The number of methoxy groups -OCH3 is 2. The van der Waals surface area contributed by atoms with E-state index in [-0.39, 0.29) is 5.57 Å². The lowest BCUT2D eigenvalue weighted by Crippen LogP contribution is -2.13. The molecule has 0 aliphatic rings. The van der Waals surface area contributed by atoms with Crippen molar-refractivity contribution in [2.75, 3.05) is 19.5 Å². The molecule has 0 aliphatic carbocycles. The fourth-order valence-corrected chi connectivity index (χ4v) is 1.89. The number of hydrogen-bond acceptors (Lipinski definition) is 4. The average molecular weight is 308 g/mol. The Hall–Kier alpha value is -3.26. The molecule has 116 valence electrons. The number of hydrogen-bond donors (Lipinski definition) is 1. The van der Waals surface area contributed by atoms with Crippen LogP contribution in [0.15, 0.2) is 54.1 Å². The van der Waals surface area contributed by atoms with E-state index in [1.54, 1.807) is 62.8 Å². The minimum atomic E-state index is -0.464. The average Bonchev–Trinajstić information content (AvgIpc) is 2.60. The zero-order valence-electron chi connectivity index (χ0n) is 12.9. The van der Waals surface area contributed by atoms with Gasteiger partial charge in [0.1, 0.15) is 23.1 Å². The number of ether oxygens (including phenoxy) is 2. The smallest absolute Gasteiger partial charge is 0.266 e. The van der Waals surface area contributed by atoms with Crippen LogP contribution >= 0.6 is 0 Å². The molecule has 0 unspecified atom stereocenters. The summed E-state index contributed by atoms with van der Waals surface area (Å²) in [5.41, 5.74) is 1.35. The molecule has 0 saturated carbocycles. The van der Waals surface area contributed by atoms with Gasteiger partial charge in [0.15, 0.2) is 0 Å². The predicted molar refractivity (Wildman–Crippen MR) is 88.2 cm³/mol. The van der Waals surface area contributed by atoms with E-state index in [1.165, 1.54) is 6.08 Å². The number of rotatable bonds is 5. The van der Waals surface area contributed by atoms with Crippen LogP contribution in [0.2, 0.25) is 0 Å². The lowest BCUT2D eigenvalue weighted by molar-refractivity contribution is -0.112. The van der Waals surface area contributed by atoms with Crippen LogP contribution in [0.3, 0.4) is 0 Å². The maximum atomic E-state index is 12.2. The number of nitriles is 1. The van der Waals surface area contributed by atoms with Gasteiger partial charge in [0.05, 0.1) is 14.2 Å². The van der Waals surface area contributed by atoms with Gasteiger partial charge in [-0.2, -0.15) is 5.26 Å². The molecule has 1 N–H and O–H groups in total. The van der Waals surface area contributed by atoms with Crippen molar-refractivity contribution in [3.8, 4) is 17.6 Å². The van der Waals surface area contributed by atoms with Gasteiger partial charge in [-0.25, -0.2) is 0 Å². The first-order chi connectivity index (χ1) is 11.2. The van der Waals surface area contributed by atoms with Crippen LogP contribution < -0.4 is 14.8 Å². The molecule has 0 aromatic heterocycles. The summed E-state index contributed by atoms with van der Waals surface area (Å²) < 4.78 is 10.1. The summed E-state index contributed by atoms with van der Waals surface area (Å²) >= 11 is 0. The molecule has 5 nitrogen and oxygen atoms in total. The Morgan fingerprint density at radius 1 is 1.00 bits per heavy atom. The highest BCUT2D eigenvalue weighted by atomic mass is 16.5. The first-order valence-corrected chi connectivity index (χ1v) is 6.87. The van der Waals surface area contributed by atoms with Crippen molar-refractivity contribution in [2.45, 2.75) is 0 Å². The van der Waals surface area contributed by atoms with Gasteiger partial charge < -0.3 is 14.8 Å². The highest BCUT2D eigenvalue weighted by Gasteiger charge is 2.09. The van der Waals surface area contributed by atoms with E-state index in [1.807, 2.05) is 6.07 Å². The molecule has 0 saturated heterocycles. The van der Waals surface area contributed by atoms with Crippen LogP contribution in [0, 0.1) is 11.3 Å². The molecule has 1 amide bonds. The SMILES string of the molecule is COc1ccc(/C=C(/C#N)C(=O)Nc2ccc(OC)cc2)cc1. The van der Waals surface area contributed by atoms with Gasteiger partial charge >= 0.3 is 0 Å². The molecule has 5 heteroatoms. The summed E-state index contributed by atoms with van der Waals surface area (Å²) in [5.74, 6) is 0.939. The Balaban J connectivity index is 2.13. The Morgan fingerprint density at radius 3 is 2.00 bits per heavy atom. The molecule has 2 aromatic carbocycles. The van der Waals surface area contributed by atoms with Crippen molar-refractivity contribution in [1.29, 1.82) is 5.26 Å². The van der Waals surface area contributed by atoms with Crippen molar-refractivity contribution in [3.63, 3.8) is 0 Å². The highest BCUT2D eigenvalue weighted by molar-refractivity contribution is 6.09. The molecule has 0 atom stereocenters. The lowest BCUT2D eigenvalue weighted by Gasteiger charge is -2.06. The number of carbonyl (C=O) groups excluding carboxylic acids is 1. The molecule has 0 radical (unpaired) electrons. The fraction of sp³-hybridized carbons (Fsp3) is 0.111. The second-order valence-electron chi connectivity index (χ2n) is 4.63. The third-order valence-electron chi connectivity index (χ3n) is 3.14. The van der Waals surface area contributed by atoms with E-state index < -0.39 is 5.91 Å². The minimum Gasteiger partial charge on any atom is -0.497 e. The van der Waals surface area contributed by atoms with Crippen LogP contribution in [0.5, 0.6) is 11.5 Å². The third-order valence-corrected chi connectivity index (χ3v) is 3.14. The zero-order chi connectivity index (χ0) is 16.7. The van der Waals surface area contributed by atoms with Crippen LogP contribution in [0.4, 0.5) is 5.69 Å². The topological polar surface area (TPSA) is 71.3 Å². The number of nitrogens with zero attached hydrogens (tertiary/aromatic N) is 1. The Morgan fingerprint density at radius 2 is 1.52 bits per heavy atom. The van der Waals surface area contributed by atoms with Gasteiger partial charge in [0, 0.05) is 5.69 Å². The molecular weight excluding hydrogens is 292 g/mol. The Labute approximate surface area is 134 Å². The van der Waals surface area contributed by atoms with Crippen molar-refractivity contribution in [2.24, 2.45) is 0 Å². The monoisotopic (exact) mass is 308 g/mol. The Bertz CT molecular complexity index is 741. The van der Waals surface area contributed by atoms with Crippen molar-refractivity contribution >= 4 is 17.7 Å². The highest BCUT2D eigenvalue weighted by Crippen LogP contribution is 2.17. The standard InChI is InChI=1S/C18H16N2O3/c1-22-16-7-3-13(4-8-16)11-14(12-19)18(21)20-15-5-9-17(23-2)10-6-15/h3-11H,1-2H3,(H,20,21)/b14-11-. The molecule has 0 heterocycles. The quantitative estimate of drug-likeness (QED) is 0.680. The summed E-state index contributed by atoms with van der Waals surface area (Å²) in [5, 5.41) is 11.9. The summed E-state index contributed by atoms with van der Waals surface area (Å²) in [6.07, 6.45) is 1.53. The summed E-state index contributed by atoms with van der Waals surface area (Å²) in [4.78, 5) is 12.2. The van der Waals surface area contributed by atoms with E-state index >= 15 is 0 Å². The normalized spacial score (nSPS) is 10.6. The molecule has 0 bridgehead atoms. The van der Waals surface area contributed by atoms with E-state index in [4.69, 9.17) is 9.47 Å². The number of benzene rings is 2. The summed E-state index contributed by atoms with van der Waals surface area (Å²) in [6, 6.07) is 15.9. The summed E-state index contributed by atoms with van der Waals surface area (Å²) in [7, 11) is 3.15. The fourth-order valence-electron chi connectivity index (χ4n) is 1.89. The molecule has 0 aliphatic heterocycles. The molecule has 2 rings (SSSR count).